The number of terminal acetylenes is 1. The number of amides is 1. The van der Waals surface area contributed by atoms with Gasteiger partial charge in [0.15, 0.2) is 0 Å². The van der Waals surface area contributed by atoms with E-state index in [1.807, 2.05) is 0 Å². The van der Waals surface area contributed by atoms with Crippen molar-refractivity contribution in [2.75, 3.05) is 6.54 Å². The van der Waals surface area contributed by atoms with Gasteiger partial charge in [-0.1, -0.05) is 5.92 Å². The summed E-state index contributed by atoms with van der Waals surface area (Å²) in [7, 11) is 0. The molecule has 0 bridgehead atoms. The van der Waals surface area contributed by atoms with Crippen LogP contribution in [-0.2, 0) is 4.79 Å². The van der Waals surface area contributed by atoms with Gasteiger partial charge in [0.05, 0.1) is 6.54 Å². The van der Waals surface area contributed by atoms with Crippen molar-refractivity contribution in [2.45, 2.75) is 13.0 Å². The molecule has 0 spiro atoms. The molecule has 0 saturated carbocycles. The smallest absolute Gasteiger partial charge is 0.249 e. The third-order valence-corrected chi connectivity index (χ3v) is 0.744. The van der Waals surface area contributed by atoms with Gasteiger partial charge in [0.25, 0.3) is 0 Å². The van der Waals surface area contributed by atoms with Gasteiger partial charge in [0.1, 0.15) is 6.10 Å². The fourth-order valence-electron chi connectivity index (χ4n) is 0.286. The lowest BCUT2D eigenvalue weighted by Gasteiger charge is -2.01. The highest BCUT2D eigenvalue weighted by Gasteiger charge is 2.04. The maximum absolute atomic E-state index is 10.4. The van der Waals surface area contributed by atoms with Gasteiger partial charge >= 0.3 is 0 Å². The summed E-state index contributed by atoms with van der Waals surface area (Å²) in [6.07, 6.45) is 3.86. The first-order valence-electron chi connectivity index (χ1n) is 2.57. The molecule has 0 aromatic rings. The number of carbonyl (C=O) groups is 1. The van der Waals surface area contributed by atoms with Gasteiger partial charge in [-0.2, -0.15) is 0 Å². The Morgan fingerprint density at radius 3 is 2.89 bits per heavy atom. The Hall–Kier alpha value is -1.01. The molecule has 3 nitrogen and oxygen atoms in total. The monoisotopic (exact) mass is 127 g/mol. The van der Waals surface area contributed by atoms with Crippen LogP contribution in [0.2, 0.25) is 0 Å². The molecule has 2 N–H and O–H groups in total. The van der Waals surface area contributed by atoms with Gasteiger partial charge in [0, 0.05) is 0 Å². The molecule has 0 rings (SSSR count). The van der Waals surface area contributed by atoms with E-state index < -0.39 is 12.0 Å². The maximum Gasteiger partial charge on any atom is 0.249 e. The Morgan fingerprint density at radius 1 is 2.00 bits per heavy atom. The first-order valence-corrected chi connectivity index (χ1v) is 2.57. The normalized spacial score (nSPS) is 11.7. The Morgan fingerprint density at radius 2 is 2.56 bits per heavy atom. The van der Waals surface area contributed by atoms with Crippen molar-refractivity contribution < 1.29 is 9.90 Å². The summed E-state index contributed by atoms with van der Waals surface area (Å²) in [5.41, 5.74) is 0. The summed E-state index contributed by atoms with van der Waals surface area (Å²) in [5, 5.41) is 10.9. The molecule has 0 aliphatic rings. The summed E-state index contributed by atoms with van der Waals surface area (Å²) in [5.74, 6) is 1.77. The fourth-order valence-corrected chi connectivity index (χ4v) is 0.286. The summed E-state index contributed by atoms with van der Waals surface area (Å²) in [6, 6.07) is 0. The summed E-state index contributed by atoms with van der Waals surface area (Å²) < 4.78 is 0. The number of hydrogen-bond donors (Lipinski definition) is 2. The summed E-state index contributed by atoms with van der Waals surface area (Å²) in [4.78, 5) is 10.4. The van der Waals surface area contributed by atoms with Crippen molar-refractivity contribution >= 4 is 5.91 Å². The molecular formula is C6H9NO2. The lowest BCUT2D eigenvalue weighted by atomic mass is 10.4. The van der Waals surface area contributed by atoms with Gasteiger partial charge in [-0.15, -0.1) is 6.42 Å². The van der Waals surface area contributed by atoms with Gasteiger partial charge in [-0.05, 0) is 6.92 Å². The second-order valence-corrected chi connectivity index (χ2v) is 1.60. The number of aliphatic hydroxyl groups is 1. The zero-order valence-corrected chi connectivity index (χ0v) is 5.22. The first kappa shape index (κ1) is 7.99. The van der Waals surface area contributed by atoms with E-state index in [0.29, 0.717) is 0 Å². The number of carbonyl (C=O) groups excluding carboxylic acids is 1. The average Bonchev–Trinajstić information content (AvgIpc) is 1.82. The lowest BCUT2D eigenvalue weighted by molar-refractivity contribution is -0.128. The van der Waals surface area contributed by atoms with Gasteiger partial charge in [0.2, 0.25) is 5.91 Å². The number of rotatable bonds is 2. The highest BCUT2D eigenvalue weighted by molar-refractivity contribution is 5.80. The van der Waals surface area contributed by atoms with E-state index in [2.05, 4.69) is 11.2 Å². The molecule has 0 aromatic heterocycles. The Bertz CT molecular complexity index is 134. The van der Waals surface area contributed by atoms with Crippen LogP contribution in [0.3, 0.4) is 0 Å². The zero-order valence-electron chi connectivity index (χ0n) is 5.22. The quantitative estimate of drug-likeness (QED) is 0.473. The van der Waals surface area contributed by atoms with Gasteiger partial charge < -0.3 is 10.4 Å². The molecule has 0 aromatic carbocycles. The Labute approximate surface area is 54.1 Å². The minimum atomic E-state index is -0.974. The molecule has 1 atom stereocenters. The van der Waals surface area contributed by atoms with E-state index >= 15 is 0 Å². The Balaban J connectivity index is 3.42. The van der Waals surface area contributed by atoms with Crippen molar-refractivity contribution in [3.8, 4) is 12.3 Å². The van der Waals surface area contributed by atoms with Crippen molar-refractivity contribution in [1.82, 2.24) is 5.32 Å². The zero-order chi connectivity index (χ0) is 7.28. The van der Waals surface area contributed by atoms with E-state index in [-0.39, 0.29) is 6.54 Å². The van der Waals surface area contributed by atoms with Crippen LogP contribution in [-0.4, -0.2) is 23.7 Å². The standard InChI is InChI=1S/C6H9NO2/c1-3-4-7-6(9)5(2)8/h1,5,8H,4H2,2H3,(H,7,9)/t5-/m0/s1. The summed E-state index contributed by atoms with van der Waals surface area (Å²) >= 11 is 0. The Kier molecular flexibility index (Phi) is 3.49. The molecule has 9 heavy (non-hydrogen) atoms. The van der Waals surface area contributed by atoms with E-state index in [9.17, 15) is 4.79 Å². The third kappa shape index (κ3) is 3.56. The molecule has 0 radical (unpaired) electrons. The number of aliphatic hydroxyl groups excluding tert-OH is 1. The molecular weight excluding hydrogens is 118 g/mol. The maximum atomic E-state index is 10.4. The van der Waals surface area contributed by atoms with E-state index in [1.54, 1.807) is 0 Å². The van der Waals surface area contributed by atoms with E-state index in [1.165, 1.54) is 6.92 Å². The van der Waals surface area contributed by atoms with Crippen molar-refractivity contribution in [2.24, 2.45) is 0 Å². The molecule has 0 aliphatic heterocycles. The minimum absolute atomic E-state index is 0.170. The van der Waals surface area contributed by atoms with Crippen molar-refractivity contribution in [3.05, 3.63) is 0 Å². The molecule has 0 aliphatic carbocycles. The highest BCUT2D eigenvalue weighted by Crippen LogP contribution is 1.76. The van der Waals surface area contributed by atoms with Crippen LogP contribution < -0.4 is 5.32 Å². The lowest BCUT2D eigenvalue weighted by Crippen LogP contribution is -2.32. The second kappa shape index (κ2) is 3.93. The molecule has 0 saturated heterocycles. The van der Waals surface area contributed by atoms with Crippen LogP contribution in [0.5, 0.6) is 0 Å². The minimum Gasteiger partial charge on any atom is -0.384 e. The topological polar surface area (TPSA) is 49.3 Å². The highest BCUT2D eigenvalue weighted by atomic mass is 16.3. The first-order chi connectivity index (χ1) is 4.18. The SMILES string of the molecule is C#CCNC(=O)[C@H](C)O. The van der Waals surface area contributed by atoms with Gasteiger partial charge in [-0.3, -0.25) is 4.79 Å². The van der Waals surface area contributed by atoms with Crippen LogP contribution in [0.25, 0.3) is 0 Å². The van der Waals surface area contributed by atoms with Crippen LogP contribution in [0.15, 0.2) is 0 Å². The predicted octanol–water partition coefficient (Wildman–Crippen LogP) is -0.883. The molecule has 0 heterocycles. The van der Waals surface area contributed by atoms with Crippen molar-refractivity contribution in [1.29, 1.82) is 0 Å². The molecule has 1 amide bonds. The number of hydrogen-bond acceptors (Lipinski definition) is 2. The predicted molar refractivity (Wildman–Crippen MR) is 33.5 cm³/mol. The van der Waals surface area contributed by atoms with Crippen LogP contribution in [0, 0.1) is 12.3 Å². The van der Waals surface area contributed by atoms with Gasteiger partial charge in [-0.25, -0.2) is 0 Å². The van der Waals surface area contributed by atoms with Crippen LogP contribution in [0.4, 0.5) is 0 Å². The fraction of sp³-hybridized carbons (Fsp3) is 0.500. The molecule has 0 fully saturated rings. The summed E-state index contributed by atoms with van der Waals surface area (Å²) in [6.45, 7) is 1.55. The number of nitrogens with one attached hydrogen (secondary N) is 1. The molecule has 3 heteroatoms. The molecule has 0 unspecified atom stereocenters. The van der Waals surface area contributed by atoms with E-state index in [4.69, 9.17) is 11.5 Å². The average molecular weight is 127 g/mol. The van der Waals surface area contributed by atoms with Crippen molar-refractivity contribution in [3.63, 3.8) is 0 Å². The third-order valence-electron chi connectivity index (χ3n) is 0.744. The second-order valence-electron chi connectivity index (χ2n) is 1.60. The molecule has 50 valence electrons. The van der Waals surface area contributed by atoms with E-state index in [0.717, 1.165) is 0 Å². The largest absolute Gasteiger partial charge is 0.384 e. The van der Waals surface area contributed by atoms with Crippen LogP contribution in [0.1, 0.15) is 6.92 Å². The van der Waals surface area contributed by atoms with Crippen LogP contribution >= 0.6 is 0 Å².